The molecule has 1 aliphatic rings. The van der Waals surface area contributed by atoms with Crippen LogP contribution in [0.3, 0.4) is 0 Å². The Hall–Kier alpha value is -2.37. The van der Waals surface area contributed by atoms with Crippen LogP contribution in [0.2, 0.25) is 0 Å². The molecule has 3 rings (SSSR count). The third kappa shape index (κ3) is 3.04. The standard InChI is InChI=1S/C15H18N4O2/c1-12-16-17-14-11-18(8-9-19(12)14)15(20)7-10-21-13-5-3-2-4-6-13/h2-6H,7-11H2,1H3. The fourth-order valence-corrected chi connectivity index (χ4v) is 2.45. The van der Waals surface area contributed by atoms with Crippen LogP contribution >= 0.6 is 0 Å². The minimum Gasteiger partial charge on any atom is -0.493 e. The molecule has 2 heterocycles. The van der Waals surface area contributed by atoms with E-state index < -0.39 is 0 Å². The Labute approximate surface area is 123 Å². The second-order valence-electron chi connectivity index (χ2n) is 5.04. The molecule has 6 nitrogen and oxygen atoms in total. The Kier molecular flexibility index (Phi) is 3.85. The number of rotatable bonds is 4. The van der Waals surface area contributed by atoms with E-state index in [0.29, 0.717) is 26.1 Å². The van der Waals surface area contributed by atoms with Gasteiger partial charge >= 0.3 is 0 Å². The van der Waals surface area contributed by atoms with E-state index >= 15 is 0 Å². The van der Waals surface area contributed by atoms with Crippen LogP contribution < -0.4 is 4.74 Å². The van der Waals surface area contributed by atoms with Gasteiger partial charge in [0.15, 0.2) is 5.82 Å². The molecule has 0 saturated carbocycles. The Morgan fingerprint density at radius 2 is 2.05 bits per heavy atom. The predicted molar refractivity (Wildman–Crippen MR) is 76.7 cm³/mol. The first-order valence-corrected chi connectivity index (χ1v) is 7.08. The molecule has 1 amide bonds. The lowest BCUT2D eigenvalue weighted by molar-refractivity contribution is -0.133. The monoisotopic (exact) mass is 286 g/mol. The summed E-state index contributed by atoms with van der Waals surface area (Å²) in [4.78, 5) is 14.0. The number of carbonyl (C=O) groups is 1. The smallest absolute Gasteiger partial charge is 0.226 e. The Bertz CT molecular complexity index is 624. The van der Waals surface area contributed by atoms with Crippen molar-refractivity contribution in [1.82, 2.24) is 19.7 Å². The number of amides is 1. The molecule has 0 bridgehead atoms. The summed E-state index contributed by atoms with van der Waals surface area (Å²) in [7, 11) is 0. The van der Waals surface area contributed by atoms with Crippen LogP contribution in [0.1, 0.15) is 18.1 Å². The highest BCUT2D eigenvalue weighted by molar-refractivity contribution is 5.76. The molecule has 0 aliphatic carbocycles. The summed E-state index contributed by atoms with van der Waals surface area (Å²) in [5, 5.41) is 8.15. The van der Waals surface area contributed by atoms with Crippen LogP contribution in [0.4, 0.5) is 0 Å². The van der Waals surface area contributed by atoms with E-state index in [9.17, 15) is 4.79 Å². The van der Waals surface area contributed by atoms with Crippen molar-refractivity contribution >= 4 is 5.91 Å². The first-order valence-electron chi connectivity index (χ1n) is 7.08. The minimum absolute atomic E-state index is 0.0952. The van der Waals surface area contributed by atoms with E-state index in [1.807, 2.05) is 42.2 Å². The van der Waals surface area contributed by atoms with Crippen LogP contribution in [0.5, 0.6) is 5.75 Å². The van der Waals surface area contributed by atoms with Gasteiger partial charge in [0.2, 0.25) is 5.91 Å². The van der Waals surface area contributed by atoms with Crippen molar-refractivity contribution in [2.75, 3.05) is 13.2 Å². The summed E-state index contributed by atoms with van der Waals surface area (Å²) < 4.78 is 7.62. The van der Waals surface area contributed by atoms with Crippen molar-refractivity contribution in [2.24, 2.45) is 0 Å². The fourth-order valence-electron chi connectivity index (χ4n) is 2.45. The average molecular weight is 286 g/mol. The lowest BCUT2D eigenvalue weighted by Crippen LogP contribution is -2.39. The van der Waals surface area contributed by atoms with Gasteiger partial charge in [0.1, 0.15) is 11.6 Å². The summed E-state index contributed by atoms with van der Waals surface area (Å²) in [6.45, 7) is 4.33. The van der Waals surface area contributed by atoms with Crippen LogP contribution in [-0.2, 0) is 17.9 Å². The molecule has 0 atom stereocenters. The minimum atomic E-state index is 0.0952. The van der Waals surface area contributed by atoms with Crippen molar-refractivity contribution in [3.8, 4) is 5.75 Å². The fraction of sp³-hybridized carbons (Fsp3) is 0.400. The molecule has 6 heteroatoms. The van der Waals surface area contributed by atoms with Crippen LogP contribution in [0, 0.1) is 6.92 Å². The first-order chi connectivity index (χ1) is 10.2. The van der Waals surface area contributed by atoms with Crippen molar-refractivity contribution in [3.63, 3.8) is 0 Å². The highest BCUT2D eigenvalue weighted by Crippen LogP contribution is 2.13. The molecule has 0 fully saturated rings. The molecule has 0 unspecified atom stereocenters. The molecule has 0 radical (unpaired) electrons. The van der Waals surface area contributed by atoms with E-state index in [1.165, 1.54) is 0 Å². The molecule has 1 aliphatic heterocycles. The Balaban J connectivity index is 1.50. The molecule has 1 aromatic heterocycles. The van der Waals surface area contributed by atoms with E-state index in [2.05, 4.69) is 14.8 Å². The van der Waals surface area contributed by atoms with E-state index in [-0.39, 0.29) is 5.91 Å². The van der Waals surface area contributed by atoms with Gasteiger partial charge in [0.25, 0.3) is 0 Å². The van der Waals surface area contributed by atoms with E-state index in [0.717, 1.165) is 23.9 Å². The number of nitrogens with zero attached hydrogens (tertiary/aromatic N) is 4. The predicted octanol–water partition coefficient (Wildman–Crippen LogP) is 1.40. The number of fused-ring (bicyclic) bond motifs is 1. The first kappa shape index (κ1) is 13.6. The summed E-state index contributed by atoms with van der Waals surface area (Å²) in [5.41, 5.74) is 0. The molecule has 21 heavy (non-hydrogen) atoms. The number of benzene rings is 1. The maximum Gasteiger partial charge on any atom is 0.226 e. The number of ether oxygens (including phenoxy) is 1. The van der Waals surface area contributed by atoms with E-state index in [4.69, 9.17) is 4.74 Å². The van der Waals surface area contributed by atoms with Gasteiger partial charge in [-0.1, -0.05) is 18.2 Å². The number of carbonyl (C=O) groups excluding carboxylic acids is 1. The summed E-state index contributed by atoms with van der Waals surface area (Å²) in [6, 6.07) is 9.53. The van der Waals surface area contributed by atoms with Gasteiger partial charge in [0.05, 0.1) is 19.6 Å². The summed E-state index contributed by atoms with van der Waals surface area (Å²) in [6.07, 6.45) is 0.377. The molecule has 0 spiro atoms. The van der Waals surface area contributed by atoms with Gasteiger partial charge in [-0.05, 0) is 19.1 Å². The maximum atomic E-state index is 12.2. The average Bonchev–Trinajstić information content (AvgIpc) is 2.89. The largest absolute Gasteiger partial charge is 0.493 e. The van der Waals surface area contributed by atoms with E-state index in [1.54, 1.807) is 0 Å². The SMILES string of the molecule is Cc1nnc2n1CCN(C(=O)CCOc1ccccc1)C2. The van der Waals surface area contributed by atoms with Crippen molar-refractivity contribution < 1.29 is 9.53 Å². The van der Waals surface area contributed by atoms with Gasteiger partial charge in [-0.2, -0.15) is 0 Å². The zero-order chi connectivity index (χ0) is 14.7. The van der Waals surface area contributed by atoms with Crippen molar-refractivity contribution in [3.05, 3.63) is 42.0 Å². The number of hydrogen-bond donors (Lipinski definition) is 0. The topological polar surface area (TPSA) is 60.2 Å². The third-order valence-electron chi connectivity index (χ3n) is 3.62. The van der Waals surface area contributed by atoms with Gasteiger partial charge in [-0.3, -0.25) is 4.79 Å². The van der Waals surface area contributed by atoms with Gasteiger partial charge in [-0.15, -0.1) is 10.2 Å². The van der Waals surface area contributed by atoms with Gasteiger partial charge in [-0.25, -0.2) is 0 Å². The molecule has 0 N–H and O–H groups in total. The number of aryl methyl sites for hydroxylation is 1. The molecule has 2 aromatic rings. The lowest BCUT2D eigenvalue weighted by atomic mass is 10.3. The zero-order valence-corrected chi connectivity index (χ0v) is 12.0. The number of hydrogen-bond acceptors (Lipinski definition) is 4. The Morgan fingerprint density at radius 3 is 2.86 bits per heavy atom. The Morgan fingerprint density at radius 1 is 1.24 bits per heavy atom. The lowest BCUT2D eigenvalue weighted by Gasteiger charge is -2.27. The second kappa shape index (κ2) is 5.95. The van der Waals surface area contributed by atoms with Gasteiger partial charge in [0, 0.05) is 13.1 Å². The van der Waals surface area contributed by atoms with Crippen molar-refractivity contribution in [1.29, 1.82) is 0 Å². The zero-order valence-electron chi connectivity index (χ0n) is 12.0. The summed E-state index contributed by atoms with van der Waals surface area (Å²) in [5.74, 6) is 2.65. The third-order valence-corrected chi connectivity index (χ3v) is 3.62. The number of para-hydroxylation sites is 1. The second-order valence-corrected chi connectivity index (χ2v) is 5.04. The quantitative estimate of drug-likeness (QED) is 0.852. The number of aromatic nitrogens is 3. The van der Waals surface area contributed by atoms with Crippen LogP contribution in [0.15, 0.2) is 30.3 Å². The molecular formula is C15H18N4O2. The van der Waals surface area contributed by atoms with Gasteiger partial charge < -0.3 is 14.2 Å². The molecule has 1 aromatic carbocycles. The highest BCUT2D eigenvalue weighted by atomic mass is 16.5. The van der Waals surface area contributed by atoms with Crippen LogP contribution in [-0.4, -0.2) is 38.7 Å². The highest BCUT2D eigenvalue weighted by Gasteiger charge is 2.22. The van der Waals surface area contributed by atoms with Crippen LogP contribution in [0.25, 0.3) is 0 Å². The summed E-state index contributed by atoms with van der Waals surface area (Å²) >= 11 is 0. The molecule has 110 valence electrons. The molecular weight excluding hydrogens is 268 g/mol. The maximum absolute atomic E-state index is 12.2. The molecule has 0 saturated heterocycles. The van der Waals surface area contributed by atoms with Crippen molar-refractivity contribution in [2.45, 2.75) is 26.4 Å². The normalized spacial score (nSPS) is 13.9.